The van der Waals surface area contributed by atoms with Crippen molar-refractivity contribution in [1.82, 2.24) is 9.55 Å². The lowest BCUT2D eigenvalue weighted by molar-refractivity contribution is -0.742. The predicted octanol–water partition coefficient (Wildman–Crippen LogP) is 5.21. The Bertz CT molecular complexity index is 1320. The smallest absolute Gasteiger partial charge is 0.291 e. The summed E-state index contributed by atoms with van der Waals surface area (Å²) < 4.78 is 26.0. The third-order valence-corrected chi connectivity index (χ3v) is 6.11. The van der Waals surface area contributed by atoms with Crippen molar-refractivity contribution in [2.24, 2.45) is 0 Å². The van der Waals surface area contributed by atoms with Crippen molar-refractivity contribution in [1.29, 1.82) is 0 Å². The SMILES string of the molecule is COc1ccc(C2(Cn3ccnc3)OCC(COc3ccc(-c4ccccc4)cc3)O2)c(Cl)c1.O=[N+]([O-])O. The number of aromatic nitrogens is 2. The molecule has 3 aromatic carbocycles. The maximum Gasteiger partial charge on any atom is 0.291 e. The van der Waals surface area contributed by atoms with E-state index in [1.807, 2.05) is 53.2 Å². The monoisotopic (exact) mass is 539 g/mol. The minimum Gasteiger partial charge on any atom is -0.497 e. The van der Waals surface area contributed by atoms with Crippen LogP contribution in [0.4, 0.5) is 0 Å². The van der Waals surface area contributed by atoms with Crippen molar-refractivity contribution < 1.29 is 29.2 Å². The Morgan fingerprint density at radius 2 is 1.82 bits per heavy atom. The Labute approximate surface area is 224 Å². The predicted molar refractivity (Wildman–Crippen MR) is 139 cm³/mol. The zero-order chi connectivity index (χ0) is 27.0. The van der Waals surface area contributed by atoms with Crippen molar-refractivity contribution in [2.75, 3.05) is 20.3 Å². The summed E-state index contributed by atoms with van der Waals surface area (Å²) in [6, 6.07) is 23.8. The zero-order valence-corrected chi connectivity index (χ0v) is 21.2. The molecule has 4 aromatic rings. The van der Waals surface area contributed by atoms with Gasteiger partial charge in [0.05, 0.1) is 31.6 Å². The molecule has 38 heavy (non-hydrogen) atoms. The second kappa shape index (κ2) is 12.4. The number of hydrogen-bond donors (Lipinski definition) is 1. The van der Waals surface area contributed by atoms with Crippen molar-refractivity contribution in [3.63, 3.8) is 0 Å². The molecule has 2 heterocycles. The number of imidazole rings is 1. The first kappa shape index (κ1) is 26.9. The number of nitrogens with zero attached hydrogens (tertiary/aromatic N) is 3. The molecule has 1 aliphatic rings. The van der Waals surface area contributed by atoms with Crippen LogP contribution in [0.5, 0.6) is 11.5 Å². The number of rotatable bonds is 8. The summed E-state index contributed by atoms with van der Waals surface area (Å²) in [7, 11) is 1.61. The maximum atomic E-state index is 8.36. The van der Waals surface area contributed by atoms with E-state index >= 15 is 0 Å². The van der Waals surface area contributed by atoms with Crippen molar-refractivity contribution >= 4 is 11.6 Å². The summed E-state index contributed by atoms with van der Waals surface area (Å²) >= 11 is 6.61. The number of benzene rings is 3. The molecular formula is C27H26ClN3O7. The second-order valence-electron chi connectivity index (χ2n) is 8.32. The lowest BCUT2D eigenvalue weighted by Crippen LogP contribution is -2.34. The Morgan fingerprint density at radius 1 is 1.13 bits per heavy atom. The van der Waals surface area contributed by atoms with Gasteiger partial charge in [-0.3, -0.25) is 0 Å². The summed E-state index contributed by atoms with van der Waals surface area (Å²) in [6.45, 7) is 1.13. The Hall–Kier alpha value is -4.12. The van der Waals surface area contributed by atoms with Crippen molar-refractivity contribution in [3.05, 3.63) is 112 Å². The molecule has 1 saturated heterocycles. The van der Waals surface area contributed by atoms with E-state index in [2.05, 4.69) is 29.2 Å². The highest BCUT2D eigenvalue weighted by molar-refractivity contribution is 6.31. The van der Waals surface area contributed by atoms with Gasteiger partial charge in [-0.2, -0.15) is 0 Å². The average Bonchev–Trinajstić information content (AvgIpc) is 3.58. The molecule has 2 atom stereocenters. The minimum absolute atomic E-state index is 0.268. The van der Waals surface area contributed by atoms with Crippen LogP contribution < -0.4 is 9.47 Å². The fourth-order valence-corrected chi connectivity index (χ4v) is 4.39. The highest BCUT2D eigenvalue weighted by Crippen LogP contribution is 2.41. The summed E-state index contributed by atoms with van der Waals surface area (Å²) in [4.78, 5) is 12.5. The van der Waals surface area contributed by atoms with E-state index in [0.29, 0.717) is 30.5 Å². The van der Waals surface area contributed by atoms with Crippen LogP contribution in [0.3, 0.4) is 0 Å². The molecule has 0 bridgehead atoms. The van der Waals surface area contributed by atoms with Gasteiger partial charge in [0.25, 0.3) is 5.09 Å². The van der Waals surface area contributed by atoms with Crippen LogP contribution in [0, 0.1) is 10.1 Å². The maximum absolute atomic E-state index is 8.36. The molecular weight excluding hydrogens is 514 g/mol. The van der Waals surface area contributed by atoms with Crippen molar-refractivity contribution in [3.8, 4) is 22.6 Å². The fourth-order valence-electron chi connectivity index (χ4n) is 4.07. The van der Waals surface area contributed by atoms with Crippen LogP contribution in [-0.4, -0.2) is 46.3 Å². The van der Waals surface area contributed by atoms with Crippen LogP contribution in [0.25, 0.3) is 11.1 Å². The fraction of sp³-hybridized carbons (Fsp3) is 0.222. The van der Waals surface area contributed by atoms with Crippen LogP contribution >= 0.6 is 11.6 Å². The van der Waals surface area contributed by atoms with Crippen molar-refractivity contribution in [2.45, 2.75) is 18.4 Å². The summed E-state index contributed by atoms with van der Waals surface area (Å²) in [5, 5.41) is 14.2. The molecule has 0 spiro atoms. The normalized spacial score (nSPS) is 18.3. The first-order valence-corrected chi connectivity index (χ1v) is 12.0. The molecule has 0 amide bonds. The van der Waals surface area contributed by atoms with E-state index < -0.39 is 10.9 Å². The van der Waals surface area contributed by atoms with E-state index in [1.165, 1.54) is 5.56 Å². The highest BCUT2D eigenvalue weighted by atomic mass is 35.5. The summed E-state index contributed by atoms with van der Waals surface area (Å²) in [5.41, 5.74) is 3.04. The van der Waals surface area contributed by atoms with Gasteiger partial charge in [-0.05, 0) is 41.5 Å². The second-order valence-corrected chi connectivity index (χ2v) is 8.73. The molecule has 2 unspecified atom stereocenters. The van der Waals surface area contributed by atoms with Crippen LogP contribution in [0.1, 0.15) is 5.56 Å². The minimum atomic E-state index is -1.50. The van der Waals surface area contributed by atoms with Gasteiger partial charge < -0.3 is 28.7 Å². The number of ether oxygens (including phenoxy) is 4. The number of hydrogen-bond acceptors (Lipinski definition) is 7. The molecule has 1 fully saturated rings. The third-order valence-electron chi connectivity index (χ3n) is 5.79. The van der Waals surface area contributed by atoms with Gasteiger partial charge in [0.15, 0.2) is 0 Å². The first-order chi connectivity index (χ1) is 18.4. The van der Waals surface area contributed by atoms with Crippen LogP contribution in [0.2, 0.25) is 5.02 Å². The lowest BCUT2D eigenvalue weighted by Gasteiger charge is -2.30. The van der Waals surface area contributed by atoms with Gasteiger partial charge in [0, 0.05) is 18.0 Å². The van der Waals surface area contributed by atoms with E-state index in [1.54, 1.807) is 25.7 Å². The first-order valence-electron chi connectivity index (χ1n) is 11.6. The van der Waals surface area contributed by atoms with Gasteiger partial charge in [0.1, 0.15) is 24.2 Å². The molecule has 1 N–H and O–H groups in total. The highest BCUT2D eigenvalue weighted by Gasteiger charge is 2.45. The molecule has 0 saturated carbocycles. The third kappa shape index (κ3) is 6.80. The van der Waals surface area contributed by atoms with E-state index in [9.17, 15) is 0 Å². The van der Waals surface area contributed by atoms with Gasteiger partial charge in [0.2, 0.25) is 5.79 Å². The standard InChI is InChI=1S/C27H25ClN2O4.HNO3/c1-31-23-11-12-25(26(28)15-23)27(18-30-14-13-29-19-30)33-17-24(34-27)16-32-22-9-7-21(8-10-22)20-5-3-2-4-6-20;2-1(3)4/h2-15,19,24H,16-18H2,1H3;(H,2,3,4). The van der Waals surface area contributed by atoms with Gasteiger partial charge in [-0.1, -0.05) is 54.1 Å². The van der Waals surface area contributed by atoms with Crippen LogP contribution in [0.15, 0.2) is 91.5 Å². The molecule has 11 heteroatoms. The van der Waals surface area contributed by atoms with E-state index in [-0.39, 0.29) is 6.10 Å². The summed E-state index contributed by atoms with van der Waals surface area (Å²) in [6.07, 6.45) is 5.04. The zero-order valence-electron chi connectivity index (χ0n) is 20.5. The van der Waals surface area contributed by atoms with E-state index in [4.69, 9.17) is 45.9 Å². The topological polar surface area (TPSA) is 118 Å². The largest absolute Gasteiger partial charge is 0.497 e. The summed E-state index contributed by atoms with van der Waals surface area (Å²) in [5.74, 6) is 0.385. The molecule has 0 radical (unpaired) electrons. The van der Waals surface area contributed by atoms with Gasteiger partial charge in [-0.15, -0.1) is 10.1 Å². The molecule has 10 nitrogen and oxygen atoms in total. The average molecular weight is 540 g/mol. The van der Waals surface area contributed by atoms with Gasteiger partial charge in [-0.25, -0.2) is 4.98 Å². The Kier molecular flexibility index (Phi) is 8.80. The Balaban J connectivity index is 0.000000786. The number of methoxy groups -OCH3 is 1. The molecule has 5 rings (SSSR count). The van der Waals surface area contributed by atoms with Gasteiger partial charge >= 0.3 is 0 Å². The number of halogens is 1. The lowest BCUT2D eigenvalue weighted by atomic mass is 10.1. The molecule has 198 valence electrons. The molecule has 1 aromatic heterocycles. The molecule has 1 aliphatic heterocycles. The quantitative estimate of drug-likeness (QED) is 0.239. The Morgan fingerprint density at radius 3 is 2.45 bits per heavy atom. The van der Waals surface area contributed by atoms with Crippen LogP contribution in [-0.2, 0) is 21.8 Å². The van der Waals surface area contributed by atoms with E-state index in [0.717, 1.165) is 16.9 Å². The molecule has 0 aliphatic carbocycles.